The number of nitrogens with zero attached hydrogens (tertiary/aromatic N) is 5. The standard InChI is InChI=1S/C26H31N5O3S/c1-28-7-9-29(10-8-28)18-20-4-2-5-21(16-20)25-27-22(19-35-25)17-24(32)30-11-13-31(14-12-30)26(33)23-6-3-15-34-23/h2-6,15-16,19H,7-14,17-18H2,1H3. The van der Waals surface area contributed by atoms with Gasteiger partial charge in [-0.15, -0.1) is 11.3 Å². The van der Waals surface area contributed by atoms with E-state index in [9.17, 15) is 9.59 Å². The average Bonchev–Trinajstić information content (AvgIpc) is 3.58. The van der Waals surface area contributed by atoms with E-state index in [-0.39, 0.29) is 18.2 Å². The van der Waals surface area contributed by atoms with Crippen LogP contribution in [0.2, 0.25) is 0 Å². The molecule has 2 aliphatic heterocycles. The van der Waals surface area contributed by atoms with Crippen molar-refractivity contribution in [2.24, 2.45) is 0 Å². The van der Waals surface area contributed by atoms with E-state index < -0.39 is 0 Å². The highest BCUT2D eigenvalue weighted by Gasteiger charge is 2.26. The largest absolute Gasteiger partial charge is 0.459 e. The van der Waals surface area contributed by atoms with Crippen LogP contribution in [-0.4, -0.2) is 95.8 Å². The number of piperazine rings is 2. The van der Waals surface area contributed by atoms with Gasteiger partial charge in [-0.2, -0.15) is 0 Å². The van der Waals surface area contributed by atoms with E-state index in [0.717, 1.165) is 49.0 Å². The van der Waals surface area contributed by atoms with Gasteiger partial charge in [-0.3, -0.25) is 14.5 Å². The third-order valence-corrected chi connectivity index (χ3v) is 7.65. The Morgan fingerprint density at radius 3 is 2.49 bits per heavy atom. The van der Waals surface area contributed by atoms with E-state index in [2.05, 4.69) is 41.1 Å². The molecular formula is C26H31N5O3S. The molecule has 35 heavy (non-hydrogen) atoms. The van der Waals surface area contributed by atoms with Gasteiger partial charge in [-0.05, 0) is 30.8 Å². The number of carbonyl (C=O) groups excluding carboxylic acids is 2. The van der Waals surface area contributed by atoms with Gasteiger partial charge in [0.15, 0.2) is 5.76 Å². The number of aromatic nitrogens is 1. The highest BCUT2D eigenvalue weighted by Crippen LogP contribution is 2.26. The summed E-state index contributed by atoms with van der Waals surface area (Å²) in [5.41, 5.74) is 3.20. The van der Waals surface area contributed by atoms with Gasteiger partial charge in [-0.1, -0.05) is 18.2 Å². The van der Waals surface area contributed by atoms with Crippen molar-refractivity contribution in [1.82, 2.24) is 24.6 Å². The maximum Gasteiger partial charge on any atom is 0.289 e. The molecule has 1 aromatic carbocycles. The topological polar surface area (TPSA) is 73.1 Å². The number of furan rings is 1. The molecule has 2 amide bonds. The Kier molecular flexibility index (Phi) is 7.26. The van der Waals surface area contributed by atoms with Crippen molar-refractivity contribution in [3.8, 4) is 10.6 Å². The minimum absolute atomic E-state index is 0.0516. The molecule has 2 aliphatic rings. The van der Waals surface area contributed by atoms with Crippen molar-refractivity contribution in [3.05, 3.63) is 65.1 Å². The molecule has 0 radical (unpaired) electrons. The van der Waals surface area contributed by atoms with Gasteiger partial charge in [0, 0.05) is 69.8 Å². The van der Waals surface area contributed by atoms with Gasteiger partial charge in [-0.25, -0.2) is 4.98 Å². The fourth-order valence-electron chi connectivity index (χ4n) is 4.57. The quantitative estimate of drug-likeness (QED) is 0.526. The molecule has 0 spiro atoms. The zero-order chi connectivity index (χ0) is 24.2. The molecule has 0 bridgehead atoms. The first-order chi connectivity index (χ1) is 17.0. The molecule has 0 aliphatic carbocycles. The normalized spacial score (nSPS) is 17.6. The van der Waals surface area contributed by atoms with E-state index in [1.807, 2.05) is 10.3 Å². The monoisotopic (exact) mass is 493 g/mol. The van der Waals surface area contributed by atoms with E-state index >= 15 is 0 Å². The Bertz CT molecular complexity index is 1150. The van der Waals surface area contributed by atoms with E-state index in [1.165, 1.54) is 11.8 Å². The molecule has 184 valence electrons. The summed E-state index contributed by atoms with van der Waals surface area (Å²) in [6.45, 7) is 7.42. The molecule has 9 heteroatoms. The van der Waals surface area contributed by atoms with Gasteiger partial charge in [0.2, 0.25) is 5.91 Å². The third-order valence-electron chi connectivity index (χ3n) is 6.71. The highest BCUT2D eigenvalue weighted by atomic mass is 32.1. The van der Waals surface area contributed by atoms with E-state index in [0.29, 0.717) is 31.9 Å². The minimum atomic E-state index is -0.124. The summed E-state index contributed by atoms with van der Waals surface area (Å²) in [5, 5.41) is 2.93. The van der Waals surface area contributed by atoms with Gasteiger partial charge < -0.3 is 19.1 Å². The summed E-state index contributed by atoms with van der Waals surface area (Å²) in [7, 11) is 2.17. The molecule has 3 aromatic rings. The van der Waals surface area contributed by atoms with Crippen molar-refractivity contribution in [1.29, 1.82) is 0 Å². The maximum atomic E-state index is 12.9. The number of amides is 2. The summed E-state index contributed by atoms with van der Waals surface area (Å²) < 4.78 is 5.21. The van der Waals surface area contributed by atoms with Crippen molar-refractivity contribution in [3.63, 3.8) is 0 Å². The van der Waals surface area contributed by atoms with Crippen molar-refractivity contribution in [2.45, 2.75) is 13.0 Å². The lowest BCUT2D eigenvalue weighted by atomic mass is 10.1. The molecule has 5 rings (SSSR count). The first-order valence-corrected chi connectivity index (χ1v) is 13.0. The van der Waals surface area contributed by atoms with Crippen LogP contribution in [0, 0.1) is 0 Å². The molecule has 4 heterocycles. The van der Waals surface area contributed by atoms with Crippen molar-refractivity contribution >= 4 is 23.2 Å². The Balaban J connectivity index is 1.15. The maximum absolute atomic E-state index is 12.9. The van der Waals surface area contributed by atoms with Crippen molar-refractivity contribution < 1.29 is 14.0 Å². The number of likely N-dealkylation sites (N-methyl/N-ethyl adjacent to an activating group) is 1. The Morgan fingerprint density at radius 1 is 0.971 bits per heavy atom. The van der Waals surface area contributed by atoms with Crippen molar-refractivity contribution in [2.75, 3.05) is 59.4 Å². The van der Waals surface area contributed by atoms with Gasteiger partial charge in [0.1, 0.15) is 5.01 Å². The zero-order valence-corrected chi connectivity index (χ0v) is 20.9. The SMILES string of the molecule is CN1CCN(Cc2cccc(-c3nc(CC(=O)N4CCN(C(=O)c5ccco5)CC4)cs3)c2)CC1. The first kappa shape index (κ1) is 23.7. The molecule has 2 fully saturated rings. The predicted molar refractivity (Wildman–Crippen MR) is 135 cm³/mol. The first-order valence-electron chi connectivity index (χ1n) is 12.1. The smallest absolute Gasteiger partial charge is 0.289 e. The number of hydrogen-bond donors (Lipinski definition) is 0. The summed E-state index contributed by atoms with van der Waals surface area (Å²) in [5.74, 6) is 0.268. The Hall–Kier alpha value is -3.01. The van der Waals surface area contributed by atoms with Crippen LogP contribution in [0.3, 0.4) is 0 Å². The van der Waals surface area contributed by atoms with Gasteiger partial charge in [0.05, 0.1) is 18.4 Å². The molecular weight excluding hydrogens is 462 g/mol. The summed E-state index contributed by atoms with van der Waals surface area (Å²) in [6.07, 6.45) is 1.78. The fraction of sp³-hybridized carbons (Fsp3) is 0.423. The Labute approximate surface area is 209 Å². The minimum Gasteiger partial charge on any atom is -0.459 e. The van der Waals surface area contributed by atoms with Crippen LogP contribution in [0.5, 0.6) is 0 Å². The second-order valence-electron chi connectivity index (χ2n) is 9.25. The highest BCUT2D eigenvalue weighted by molar-refractivity contribution is 7.13. The van der Waals surface area contributed by atoms with Crippen LogP contribution in [0.1, 0.15) is 21.8 Å². The van der Waals surface area contributed by atoms with Gasteiger partial charge >= 0.3 is 0 Å². The lowest BCUT2D eigenvalue weighted by molar-refractivity contribution is -0.132. The van der Waals surface area contributed by atoms with Crippen LogP contribution < -0.4 is 0 Å². The number of carbonyl (C=O) groups is 2. The molecule has 8 nitrogen and oxygen atoms in total. The number of benzene rings is 1. The molecule has 0 atom stereocenters. The lowest BCUT2D eigenvalue weighted by Crippen LogP contribution is -2.50. The average molecular weight is 494 g/mol. The van der Waals surface area contributed by atoms with Crippen LogP contribution >= 0.6 is 11.3 Å². The number of thiazole rings is 1. The number of hydrogen-bond acceptors (Lipinski definition) is 7. The molecule has 0 N–H and O–H groups in total. The summed E-state index contributed by atoms with van der Waals surface area (Å²) >= 11 is 1.58. The molecule has 2 aromatic heterocycles. The summed E-state index contributed by atoms with van der Waals surface area (Å²) in [6, 6.07) is 12.0. The lowest BCUT2D eigenvalue weighted by Gasteiger charge is -2.34. The second kappa shape index (κ2) is 10.7. The molecule has 0 unspecified atom stereocenters. The third kappa shape index (κ3) is 5.80. The fourth-order valence-corrected chi connectivity index (χ4v) is 5.39. The van der Waals surface area contributed by atoms with Crippen LogP contribution in [0.25, 0.3) is 10.6 Å². The van der Waals surface area contributed by atoms with E-state index in [4.69, 9.17) is 9.40 Å². The van der Waals surface area contributed by atoms with Crippen LogP contribution in [0.4, 0.5) is 0 Å². The predicted octanol–water partition coefficient (Wildman–Crippen LogP) is 2.68. The van der Waals surface area contributed by atoms with Crippen LogP contribution in [0.15, 0.2) is 52.5 Å². The van der Waals surface area contributed by atoms with Crippen LogP contribution in [-0.2, 0) is 17.8 Å². The summed E-state index contributed by atoms with van der Waals surface area (Å²) in [4.78, 5) is 38.5. The second-order valence-corrected chi connectivity index (χ2v) is 10.1. The number of rotatable bonds is 6. The molecule has 0 saturated carbocycles. The van der Waals surface area contributed by atoms with Gasteiger partial charge in [0.25, 0.3) is 5.91 Å². The molecule has 2 saturated heterocycles. The Morgan fingerprint density at radius 2 is 1.74 bits per heavy atom. The van der Waals surface area contributed by atoms with E-state index in [1.54, 1.807) is 28.4 Å². The zero-order valence-electron chi connectivity index (χ0n) is 20.1.